The lowest BCUT2D eigenvalue weighted by molar-refractivity contribution is 0.0874. The molecule has 0 amide bonds. The Morgan fingerprint density at radius 2 is 2.03 bits per heavy atom. The van der Waals surface area contributed by atoms with Crippen LogP contribution in [-0.2, 0) is 11.5 Å². The number of H-pyrrole nitrogens is 1. The first kappa shape index (κ1) is 25.0. The highest BCUT2D eigenvalue weighted by atomic mass is 28.3. The Morgan fingerprint density at radius 1 is 1.23 bits per heavy atom. The number of nitrogens with two attached hydrogens (primary N) is 1. The molecule has 35 heavy (non-hydrogen) atoms. The predicted molar refractivity (Wildman–Crippen MR) is 144 cm³/mol. The first-order chi connectivity index (χ1) is 16.8. The highest BCUT2D eigenvalue weighted by molar-refractivity contribution is 6.76. The van der Waals surface area contributed by atoms with Gasteiger partial charge in [0, 0.05) is 43.9 Å². The van der Waals surface area contributed by atoms with Gasteiger partial charge in [0.1, 0.15) is 18.3 Å². The summed E-state index contributed by atoms with van der Waals surface area (Å²) in [6.45, 7) is 13.0. The molecule has 2 aromatic carbocycles. The van der Waals surface area contributed by atoms with E-state index >= 15 is 0 Å². The largest absolute Gasteiger partial charge is 0.494 e. The van der Waals surface area contributed by atoms with Gasteiger partial charge >= 0.3 is 0 Å². The van der Waals surface area contributed by atoms with Gasteiger partial charge in [-0.15, -0.1) is 0 Å². The topological polar surface area (TPSA) is 102 Å². The molecule has 0 saturated heterocycles. The Labute approximate surface area is 207 Å². The van der Waals surface area contributed by atoms with Gasteiger partial charge in [-0.1, -0.05) is 19.6 Å². The summed E-state index contributed by atoms with van der Waals surface area (Å²) in [6, 6.07) is 13.1. The quantitative estimate of drug-likeness (QED) is 0.226. The molecular formula is C27H35N5O2Si. The van der Waals surface area contributed by atoms with E-state index in [1.165, 1.54) is 0 Å². The summed E-state index contributed by atoms with van der Waals surface area (Å²) < 4.78 is 14.4. The summed E-state index contributed by atoms with van der Waals surface area (Å²) in [6.07, 6.45) is 1.95. The Morgan fingerprint density at radius 3 is 2.71 bits per heavy atom. The molecule has 0 radical (unpaired) electrons. The van der Waals surface area contributed by atoms with E-state index in [0.29, 0.717) is 32.1 Å². The average molecular weight is 490 g/mol. The van der Waals surface area contributed by atoms with Crippen molar-refractivity contribution < 1.29 is 9.47 Å². The van der Waals surface area contributed by atoms with Crippen LogP contribution >= 0.6 is 0 Å². The summed E-state index contributed by atoms with van der Waals surface area (Å²) in [7, 11) is -1.22. The molecule has 2 aromatic heterocycles. The van der Waals surface area contributed by atoms with E-state index in [1.807, 2.05) is 25.3 Å². The number of nitriles is 1. The molecule has 0 spiro atoms. The standard InChI is InChI=1S/C27H35N5O2Si/c1-6-34-24-13-18(2)26-20(9-10-30-26)25(24)21(16-29)27-31-22-8-7-19(15-28)14-23(22)32(27)17-33-11-12-35(3,4)5/h7-10,13-14,21,30H,6,11-12,16-17,29H2,1-5H3. The number of nitrogens with zero attached hydrogens (tertiary/aromatic N) is 3. The van der Waals surface area contributed by atoms with E-state index in [0.717, 1.165) is 50.7 Å². The molecule has 0 aliphatic heterocycles. The Hall–Kier alpha value is -3.12. The van der Waals surface area contributed by atoms with Gasteiger partial charge in [0.15, 0.2) is 0 Å². The van der Waals surface area contributed by atoms with Crippen LogP contribution in [0.15, 0.2) is 36.5 Å². The lowest BCUT2D eigenvalue weighted by Gasteiger charge is -2.22. The maximum atomic E-state index is 9.50. The van der Waals surface area contributed by atoms with Crippen LogP contribution in [0.25, 0.3) is 21.9 Å². The zero-order valence-corrected chi connectivity index (χ0v) is 22.3. The molecule has 0 fully saturated rings. The molecule has 3 N–H and O–H groups in total. The second-order valence-corrected chi connectivity index (χ2v) is 15.8. The van der Waals surface area contributed by atoms with Crippen molar-refractivity contribution in [3.63, 3.8) is 0 Å². The van der Waals surface area contributed by atoms with Crippen LogP contribution in [0.4, 0.5) is 0 Å². The maximum Gasteiger partial charge on any atom is 0.124 e. The first-order valence-corrected chi connectivity index (χ1v) is 15.9. The molecule has 8 heteroatoms. The number of nitrogens with one attached hydrogen (secondary N) is 1. The monoisotopic (exact) mass is 489 g/mol. The van der Waals surface area contributed by atoms with Crippen molar-refractivity contribution in [1.29, 1.82) is 5.26 Å². The van der Waals surface area contributed by atoms with Crippen molar-refractivity contribution in [3.05, 3.63) is 59.0 Å². The third kappa shape index (κ3) is 5.13. The van der Waals surface area contributed by atoms with Gasteiger partial charge in [0.05, 0.1) is 35.2 Å². The van der Waals surface area contributed by atoms with Crippen LogP contribution in [0.1, 0.15) is 35.4 Å². The van der Waals surface area contributed by atoms with Crippen molar-refractivity contribution in [2.75, 3.05) is 19.8 Å². The van der Waals surface area contributed by atoms with E-state index in [2.05, 4.69) is 54.3 Å². The van der Waals surface area contributed by atoms with E-state index in [9.17, 15) is 5.26 Å². The fourth-order valence-corrected chi connectivity index (χ4v) is 5.29. The van der Waals surface area contributed by atoms with E-state index in [4.69, 9.17) is 20.2 Å². The van der Waals surface area contributed by atoms with Gasteiger partial charge in [0.2, 0.25) is 0 Å². The fourth-order valence-electron chi connectivity index (χ4n) is 4.53. The smallest absolute Gasteiger partial charge is 0.124 e. The van der Waals surface area contributed by atoms with Gasteiger partial charge in [-0.25, -0.2) is 4.98 Å². The number of benzene rings is 2. The molecule has 0 saturated carbocycles. The SMILES string of the molecule is CCOc1cc(C)c2[nH]ccc2c1C(CN)c1nc2ccc(C#N)cc2n1COCC[Si](C)(C)C. The number of fused-ring (bicyclic) bond motifs is 2. The van der Waals surface area contributed by atoms with Crippen LogP contribution in [0.2, 0.25) is 25.7 Å². The zero-order valence-electron chi connectivity index (χ0n) is 21.3. The molecule has 1 unspecified atom stereocenters. The molecule has 0 bridgehead atoms. The van der Waals surface area contributed by atoms with E-state index in [-0.39, 0.29) is 5.92 Å². The number of aromatic nitrogens is 3. The normalized spacial score (nSPS) is 12.8. The minimum Gasteiger partial charge on any atom is -0.494 e. The third-order valence-electron chi connectivity index (χ3n) is 6.36. The van der Waals surface area contributed by atoms with Crippen LogP contribution in [-0.4, -0.2) is 42.4 Å². The van der Waals surface area contributed by atoms with E-state index < -0.39 is 8.07 Å². The molecular weight excluding hydrogens is 454 g/mol. The van der Waals surface area contributed by atoms with Gasteiger partial charge in [-0.3, -0.25) is 0 Å². The molecule has 0 aliphatic rings. The minimum atomic E-state index is -1.22. The van der Waals surface area contributed by atoms with Crippen molar-refractivity contribution in [2.45, 2.75) is 52.2 Å². The second kappa shape index (κ2) is 10.2. The summed E-state index contributed by atoms with van der Waals surface area (Å²) in [5, 5.41) is 10.6. The molecule has 7 nitrogen and oxygen atoms in total. The first-order valence-electron chi connectivity index (χ1n) is 12.2. The van der Waals surface area contributed by atoms with Gasteiger partial charge < -0.3 is 24.8 Å². The van der Waals surface area contributed by atoms with Crippen LogP contribution in [0.3, 0.4) is 0 Å². The molecule has 184 valence electrons. The summed E-state index contributed by atoms with van der Waals surface area (Å²) in [4.78, 5) is 8.37. The summed E-state index contributed by atoms with van der Waals surface area (Å²) >= 11 is 0. The highest BCUT2D eigenvalue weighted by Crippen LogP contribution is 2.39. The molecule has 0 aliphatic carbocycles. The van der Waals surface area contributed by atoms with Crippen molar-refractivity contribution in [1.82, 2.24) is 14.5 Å². The summed E-state index contributed by atoms with van der Waals surface area (Å²) in [5.41, 5.74) is 12.0. The average Bonchev–Trinajstić information content (AvgIpc) is 3.44. The van der Waals surface area contributed by atoms with Crippen molar-refractivity contribution in [3.8, 4) is 11.8 Å². The molecule has 2 heterocycles. The number of hydrogen-bond acceptors (Lipinski definition) is 5. The minimum absolute atomic E-state index is 0.214. The second-order valence-electron chi connectivity index (χ2n) is 10.2. The van der Waals surface area contributed by atoms with Crippen LogP contribution < -0.4 is 10.5 Å². The number of aromatic amines is 1. The van der Waals surface area contributed by atoms with Gasteiger partial charge in [-0.05, 0) is 55.8 Å². The predicted octanol–water partition coefficient (Wildman–Crippen LogP) is 5.50. The lowest BCUT2D eigenvalue weighted by atomic mass is 9.92. The Kier molecular flexibility index (Phi) is 7.31. The molecule has 4 rings (SSSR count). The number of aryl methyl sites for hydroxylation is 1. The fraction of sp³-hybridized carbons (Fsp3) is 0.407. The highest BCUT2D eigenvalue weighted by Gasteiger charge is 2.27. The van der Waals surface area contributed by atoms with Crippen LogP contribution in [0, 0.1) is 18.3 Å². The Balaban J connectivity index is 1.86. The maximum absolute atomic E-state index is 9.50. The van der Waals surface area contributed by atoms with Crippen molar-refractivity contribution >= 4 is 30.0 Å². The zero-order chi connectivity index (χ0) is 25.2. The van der Waals surface area contributed by atoms with Crippen molar-refractivity contribution in [2.24, 2.45) is 5.73 Å². The summed E-state index contributed by atoms with van der Waals surface area (Å²) in [5.74, 6) is 1.43. The number of rotatable bonds is 10. The molecule has 4 aromatic rings. The number of ether oxygens (including phenoxy) is 2. The third-order valence-corrected chi connectivity index (χ3v) is 8.07. The molecule has 1 atom stereocenters. The van der Waals surface area contributed by atoms with Gasteiger partial charge in [0.25, 0.3) is 0 Å². The van der Waals surface area contributed by atoms with Gasteiger partial charge in [-0.2, -0.15) is 5.26 Å². The number of imidazole rings is 1. The lowest BCUT2D eigenvalue weighted by Crippen LogP contribution is -2.23. The number of hydrogen-bond donors (Lipinski definition) is 2. The van der Waals surface area contributed by atoms with Crippen LogP contribution in [0.5, 0.6) is 5.75 Å². The van der Waals surface area contributed by atoms with E-state index in [1.54, 1.807) is 6.07 Å². The Bertz CT molecular complexity index is 1380.